The summed E-state index contributed by atoms with van der Waals surface area (Å²) in [5, 5.41) is 5.42. The predicted molar refractivity (Wildman–Crippen MR) is 87.9 cm³/mol. The van der Waals surface area contributed by atoms with Crippen LogP contribution in [0, 0.1) is 0 Å². The first kappa shape index (κ1) is 14.4. The Morgan fingerprint density at radius 3 is 2.95 bits per heavy atom. The summed E-state index contributed by atoms with van der Waals surface area (Å²) in [6.07, 6.45) is 3.61. The van der Waals surface area contributed by atoms with Crippen LogP contribution < -0.4 is 5.32 Å². The van der Waals surface area contributed by atoms with Crippen molar-refractivity contribution in [2.45, 2.75) is 36.0 Å². The summed E-state index contributed by atoms with van der Waals surface area (Å²) >= 11 is 9.60. The second-order valence-electron chi connectivity index (χ2n) is 4.89. The molecule has 0 radical (unpaired) electrons. The quantitative estimate of drug-likeness (QED) is 0.826. The molecular weight excluding hydrogens is 308 g/mol. The van der Waals surface area contributed by atoms with Crippen molar-refractivity contribution in [2.75, 3.05) is 7.05 Å². The van der Waals surface area contributed by atoms with Crippen molar-refractivity contribution < 1.29 is 0 Å². The summed E-state index contributed by atoms with van der Waals surface area (Å²) < 4.78 is 0. The molecule has 106 valence electrons. The Balaban J connectivity index is 1.69. The van der Waals surface area contributed by atoms with Crippen molar-refractivity contribution in [3.8, 4) is 0 Å². The van der Waals surface area contributed by atoms with Gasteiger partial charge in [0.15, 0.2) is 0 Å². The molecule has 0 spiro atoms. The van der Waals surface area contributed by atoms with Gasteiger partial charge in [-0.15, -0.1) is 23.1 Å². The minimum atomic E-state index is 0.505. The highest BCUT2D eigenvalue weighted by molar-refractivity contribution is 7.98. The highest BCUT2D eigenvalue weighted by Crippen LogP contribution is 2.36. The van der Waals surface area contributed by atoms with Gasteiger partial charge < -0.3 is 5.32 Å². The average Bonchev–Trinajstić information content (AvgIpc) is 2.89. The van der Waals surface area contributed by atoms with Crippen LogP contribution in [0.5, 0.6) is 0 Å². The van der Waals surface area contributed by atoms with Crippen LogP contribution in [0.15, 0.2) is 29.2 Å². The van der Waals surface area contributed by atoms with Crippen LogP contribution in [0.3, 0.4) is 0 Å². The molecule has 2 nitrogen and oxygen atoms in total. The van der Waals surface area contributed by atoms with E-state index in [0.29, 0.717) is 6.04 Å². The van der Waals surface area contributed by atoms with E-state index in [2.05, 4.69) is 17.4 Å². The fourth-order valence-electron chi connectivity index (χ4n) is 2.48. The summed E-state index contributed by atoms with van der Waals surface area (Å²) in [6.45, 7) is 0. The van der Waals surface area contributed by atoms with E-state index in [9.17, 15) is 0 Å². The van der Waals surface area contributed by atoms with Crippen LogP contribution in [0.1, 0.15) is 34.5 Å². The zero-order valence-electron chi connectivity index (χ0n) is 11.4. The number of hydrogen-bond acceptors (Lipinski definition) is 4. The first-order chi connectivity index (χ1) is 9.76. The monoisotopic (exact) mass is 324 g/mol. The van der Waals surface area contributed by atoms with E-state index in [0.717, 1.165) is 17.2 Å². The largest absolute Gasteiger partial charge is 0.312 e. The average molecular weight is 325 g/mol. The highest BCUT2D eigenvalue weighted by atomic mass is 35.5. The number of hydrogen-bond donors (Lipinski definition) is 1. The van der Waals surface area contributed by atoms with Crippen LogP contribution in [-0.2, 0) is 12.2 Å². The number of nitrogens with one attached hydrogen (secondary N) is 1. The highest BCUT2D eigenvalue weighted by Gasteiger charge is 2.23. The van der Waals surface area contributed by atoms with Crippen molar-refractivity contribution in [1.82, 2.24) is 10.3 Å². The topological polar surface area (TPSA) is 24.9 Å². The second-order valence-corrected chi connectivity index (χ2v) is 7.50. The van der Waals surface area contributed by atoms with E-state index < -0.39 is 0 Å². The Labute approximate surface area is 133 Å². The van der Waals surface area contributed by atoms with Crippen LogP contribution in [0.2, 0.25) is 5.02 Å². The molecule has 0 bridgehead atoms. The third kappa shape index (κ3) is 3.19. The van der Waals surface area contributed by atoms with Gasteiger partial charge in [-0.05, 0) is 50.6 Å². The Morgan fingerprint density at radius 2 is 2.20 bits per heavy atom. The lowest BCUT2D eigenvalue weighted by molar-refractivity contribution is 0.501. The third-order valence-electron chi connectivity index (χ3n) is 3.52. The predicted octanol–water partition coefficient (Wildman–Crippen LogP) is 4.69. The molecule has 3 rings (SSSR count). The van der Waals surface area contributed by atoms with Crippen molar-refractivity contribution in [1.29, 1.82) is 0 Å². The molecule has 0 amide bonds. The molecule has 1 aliphatic rings. The molecule has 2 aromatic rings. The van der Waals surface area contributed by atoms with Crippen molar-refractivity contribution in [3.63, 3.8) is 0 Å². The number of nitrogens with zero attached hydrogens (tertiary/aromatic N) is 1. The van der Waals surface area contributed by atoms with E-state index >= 15 is 0 Å². The molecule has 1 unspecified atom stereocenters. The summed E-state index contributed by atoms with van der Waals surface area (Å²) in [6, 6.07) is 8.51. The van der Waals surface area contributed by atoms with Gasteiger partial charge in [-0.2, -0.15) is 0 Å². The van der Waals surface area contributed by atoms with Gasteiger partial charge in [0.05, 0.1) is 11.4 Å². The molecule has 0 saturated heterocycles. The molecule has 0 saturated carbocycles. The zero-order chi connectivity index (χ0) is 13.9. The summed E-state index contributed by atoms with van der Waals surface area (Å²) in [5.41, 5.74) is 1.31. The van der Waals surface area contributed by atoms with E-state index in [-0.39, 0.29) is 0 Å². The van der Waals surface area contributed by atoms with E-state index in [1.54, 1.807) is 0 Å². The maximum Gasteiger partial charge on any atom is 0.103 e. The Kier molecular flexibility index (Phi) is 4.66. The van der Waals surface area contributed by atoms with Crippen molar-refractivity contribution in [2.24, 2.45) is 0 Å². The van der Waals surface area contributed by atoms with Gasteiger partial charge in [-0.25, -0.2) is 4.98 Å². The van der Waals surface area contributed by atoms with Gasteiger partial charge in [0.1, 0.15) is 5.01 Å². The molecular formula is C15H17ClN2S2. The van der Waals surface area contributed by atoms with Crippen molar-refractivity contribution in [3.05, 3.63) is 44.9 Å². The zero-order valence-corrected chi connectivity index (χ0v) is 13.7. The summed E-state index contributed by atoms with van der Waals surface area (Å²) in [5.74, 6) is 0.940. The van der Waals surface area contributed by atoms with E-state index in [1.165, 1.54) is 33.3 Å². The van der Waals surface area contributed by atoms with E-state index in [4.69, 9.17) is 16.6 Å². The Morgan fingerprint density at radius 1 is 1.40 bits per heavy atom. The summed E-state index contributed by atoms with van der Waals surface area (Å²) in [4.78, 5) is 7.51. The molecule has 0 aliphatic heterocycles. The molecule has 5 heteroatoms. The van der Waals surface area contributed by atoms with Crippen LogP contribution >= 0.6 is 34.7 Å². The number of thiazole rings is 1. The molecule has 1 aliphatic carbocycles. The van der Waals surface area contributed by atoms with E-state index in [1.807, 2.05) is 42.3 Å². The third-order valence-corrected chi connectivity index (χ3v) is 6.19. The summed E-state index contributed by atoms with van der Waals surface area (Å²) in [7, 11) is 2.04. The maximum absolute atomic E-state index is 5.90. The van der Waals surface area contributed by atoms with Crippen molar-refractivity contribution >= 4 is 34.7 Å². The van der Waals surface area contributed by atoms with Gasteiger partial charge in [0, 0.05) is 20.8 Å². The molecule has 1 aromatic carbocycles. The lowest BCUT2D eigenvalue weighted by Crippen LogP contribution is -2.19. The SMILES string of the molecule is CNC1CCCc2nc(CSc3ccc(Cl)cc3)sc21. The number of benzene rings is 1. The van der Waals surface area contributed by atoms with Gasteiger partial charge in [-0.3, -0.25) is 0 Å². The first-order valence-electron chi connectivity index (χ1n) is 6.80. The van der Waals surface area contributed by atoms with Crippen LogP contribution in [0.4, 0.5) is 0 Å². The minimum absolute atomic E-state index is 0.505. The lowest BCUT2D eigenvalue weighted by atomic mass is 9.98. The molecule has 1 N–H and O–H groups in total. The van der Waals surface area contributed by atoms with Gasteiger partial charge >= 0.3 is 0 Å². The van der Waals surface area contributed by atoms with Crippen LogP contribution in [0.25, 0.3) is 0 Å². The number of aromatic nitrogens is 1. The van der Waals surface area contributed by atoms with Gasteiger partial charge in [-0.1, -0.05) is 11.6 Å². The minimum Gasteiger partial charge on any atom is -0.312 e. The van der Waals surface area contributed by atoms with Gasteiger partial charge in [0.25, 0.3) is 0 Å². The Bertz CT molecular complexity index is 580. The van der Waals surface area contributed by atoms with Gasteiger partial charge in [0.2, 0.25) is 0 Å². The smallest absolute Gasteiger partial charge is 0.103 e. The molecule has 1 atom stereocenters. The second kappa shape index (κ2) is 6.48. The Hall–Kier alpha value is -0.550. The number of fused-ring (bicyclic) bond motifs is 1. The number of halogens is 1. The lowest BCUT2D eigenvalue weighted by Gasteiger charge is -2.20. The maximum atomic E-state index is 5.90. The standard InChI is InChI=1S/C15H17ClN2S2/c1-17-12-3-2-4-13-15(12)20-14(18-13)9-19-11-7-5-10(16)6-8-11/h5-8,12,17H,2-4,9H2,1H3. The number of rotatable bonds is 4. The fraction of sp³-hybridized carbons (Fsp3) is 0.400. The van der Waals surface area contributed by atoms with Crippen LogP contribution in [-0.4, -0.2) is 12.0 Å². The molecule has 0 fully saturated rings. The number of thioether (sulfide) groups is 1. The fourth-order valence-corrected chi connectivity index (χ4v) is 4.76. The molecule has 1 aromatic heterocycles. The number of aryl methyl sites for hydroxylation is 1. The normalized spacial score (nSPS) is 18.0. The first-order valence-corrected chi connectivity index (χ1v) is 8.98. The molecule has 20 heavy (non-hydrogen) atoms. The molecule has 1 heterocycles.